The van der Waals surface area contributed by atoms with Gasteiger partial charge in [0.25, 0.3) is 0 Å². The molecule has 2 aromatic rings. The van der Waals surface area contributed by atoms with Gasteiger partial charge in [-0.2, -0.15) is 5.10 Å². The van der Waals surface area contributed by atoms with Crippen molar-refractivity contribution in [3.63, 3.8) is 0 Å². The van der Waals surface area contributed by atoms with E-state index in [0.717, 1.165) is 6.07 Å². The Kier molecular flexibility index (Phi) is 4.29. The molecule has 0 aliphatic rings. The molecule has 0 amide bonds. The van der Waals surface area contributed by atoms with Gasteiger partial charge in [0.15, 0.2) is 9.84 Å². The lowest BCUT2D eigenvalue weighted by Gasteiger charge is -2.07. The number of rotatable bonds is 5. The van der Waals surface area contributed by atoms with Gasteiger partial charge in [-0.25, -0.2) is 22.9 Å². The van der Waals surface area contributed by atoms with Gasteiger partial charge >= 0.3 is 5.97 Å². The van der Waals surface area contributed by atoms with Gasteiger partial charge in [0.2, 0.25) is 0 Å². The van der Waals surface area contributed by atoms with Crippen molar-refractivity contribution in [3.05, 3.63) is 40.9 Å². The Morgan fingerprint density at radius 2 is 2.14 bits per heavy atom. The summed E-state index contributed by atoms with van der Waals surface area (Å²) in [4.78, 5) is 14.7. The average molecular weight is 330 g/mol. The van der Waals surface area contributed by atoms with Crippen molar-refractivity contribution < 1.29 is 18.3 Å². The van der Waals surface area contributed by atoms with E-state index >= 15 is 0 Å². The van der Waals surface area contributed by atoms with E-state index in [1.54, 1.807) is 0 Å². The van der Waals surface area contributed by atoms with Crippen LogP contribution in [0.15, 0.2) is 29.4 Å². The van der Waals surface area contributed by atoms with Gasteiger partial charge < -0.3 is 5.11 Å². The minimum Gasteiger partial charge on any atom is -0.478 e. The van der Waals surface area contributed by atoms with Gasteiger partial charge in [-0.3, -0.25) is 0 Å². The van der Waals surface area contributed by atoms with Crippen LogP contribution in [0.25, 0.3) is 0 Å². The molecule has 112 valence electrons. The number of carbonyl (C=O) groups is 1. The second kappa shape index (κ2) is 5.82. The number of aromatic carboxylic acids is 1. The highest BCUT2D eigenvalue weighted by molar-refractivity contribution is 7.90. The molecule has 2 rings (SSSR count). The Morgan fingerprint density at radius 3 is 2.71 bits per heavy atom. The molecule has 1 N–H and O–H groups in total. The number of benzene rings is 1. The molecule has 0 aliphatic carbocycles. The number of nitrogens with zero attached hydrogens (tertiary/aromatic N) is 3. The Bertz CT molecular complexity index is 786. The Morgan fingerprint density at radius 1 is 1.43 bits per heavy atom. The lowest BCUT2D eigenvalue weighted by atomic mass is 10.2. The number of sulfone groups is 1. The van der Waals surface area contributed by atoms with E-state index in [1.807, 2.05) is 6.92 Å². The van der Waals surface area contributed by atoms with Crippen molar-refractivity contribution in [1.82, 2.24) is 14.8 Å². The maximum atomic E-state index is 12.3. The molecule has 7 nitrogen and oxygen atoms in total. The topological polar surface area (TPSA) is 102 Å². The molecule has 0 saturated heterocycles. The summed E-state index contributed by atoms with van der Waals surface area (Å²) >= 11 is 5.79. The fraction of sp³-hybridized carbons (Fsp3) is 0.250. The number of halogens is 1. The van der Waals surface area contributed by atoms with Gasteiger partial charge in [-0.1, -0.05) is 11.6 Å². The van der Waals surface area contributed by atoms with Crippen LogP contribution < -0.4 is 0 Å². The van der Waals surface area contributed by atoms with Gasteiger partial charge in [-0.05, 0) is 25.1 Å². The molecule has 0 unspecified atom stereocenters. The molecule has 0 bridgehead atoms. The lowest BCUT2D eigenvalue weighted by Crippen LogP contribution is -2.12. The summed E-state index contributed by atoms with van der Waals surface area (Å²) in [5, 5.41) is 12.7. The zero-order valence-electron chi connectivity index (χ0n) is 11.0. The second-order valence-corrected chi connectivity index (χ2v) is 6.59. The summed E-state index contributed by atoms with van der Waals surface area (Å²) in [7, 11) is -3.68. The van der Waals surface area contributed by atoms with Crippen LogP contribution in [0, 0.1) is 0 Å². The van der Waals surface area contributed by atoms with Crippen LogP contribution in [-0.4, -0.2) is 34.3 Å². The minimum atomic E-state index is -3.68. The third-order valence-electron chi connectivity index (χ3n) is 2.84. The lowest BCUT2D eigenvalue weighted by molar-refractivity contribution is 0.0697. The largest absolute Gasteiger partial charge is 0.478 e. The van der Waals surface area contributed by atoms with Crippen molar-refractivity contribution in [2.24, 2.45) is 0 Å². The molecule has 0 spiro atoms. The van der Waals surface area contributed by atoms with E-state index in [4.69, 9.17) is 16.7 Å². The first-order valence-corrected chi connectivity index (χ1v) is 8.00. The van der Waals surface area contributed by atoms with Crippen LogP contribution in [0.1, 0.15) is 23.1 Å². The van der Waals surface area contributed by atoms with Crippen molar-refractivity contribution in [2.45, 2.75) is 24.1 Å². The van der Waals surface area contributed by atoms with E-state index in [2.05, 4.69) is 10.1 Å². The van der Waals surface area contributed by atoms with Crippen molar-refractivity contribution in [1.29, 1.82) is 0 Å². The Labute approximate surface area is 126 Å². The number of aromatic nitrogens is 3. The quantitative estimate of drug-likeness (QED) is 0.894. The highest BCUT2D eigenvalue weighted by Crippen LogP contribution is 2.23. The third-order valence-corrected chi connectivity index (χ3v) is 4.77. The van der Waals surface area contributed by atoms with E-state index in [1.165, 1.54) is 23.1 Å². The first-order valence-electron chi connectivity index (χ1n) is 5.97. The van der Waals surface area contributed by atoms with E-state index in [9.17, 15) is 13.2 Å². The summed E-state index contributed by atoms with van der Waals surface area (Å²) < 4.78 is 26.1. The SMILES string of the molecule is CCn1ncnc1CS(=O)(=O)c1ccc(C(=O)O)c(Cl)c1. The molecule has 0 fully saturated rings. The van der Waals surface area contributed by atoms with E-state index in [0.29, 0.717) is 12.4 Å². The van der Waals surface area contributed by atoms with Crippen LogP contribution in [0.5, 0.6) is 0 Å². The number of hydrogen-bond donors (Lipinski definition) is 1. The summed E-state index contributed by atoms with van der Waals surface area (Å²) in [6.07, 6.45) is 1.29. The minimum absolute atomic E-state index is 0.0526. The predicted molar refractivity (Wildman–Crippen MR) is 75.0 cm³/mol. The Balaban J connectivity index is 2.36. The zero-order valence-corrected chi connectivity index (χ0v) is 12.6. The molecular weight excluding hydrogens is 318 g/mol. The monoisotopic (exact) mass is 329 g/mol. The van der Waals surface area contributed by atoms with Crippen molar-refractivity contribution in [3.8, 4) is 0 Å². The van der Waals surface area contributed by atoms with Gasteiger partial charge in [-0.15, -0.1) is 0 Å². The number of carboxylic acid groups (broad SMARTS) is 1. The maximum absolute atomic E-state index is 12.3. The average Bonchev–Trinajstić information content (AvgIpc) is 2.84. The molecule has 9 heteroatoms. The van der Waals surface area contributed by atoms with Crippen molar-refractivity contribution in [2.75, 3.05) is 0 Å². The van der Waals surface area contributed by atoms with E-state index < -0.39 is 15.8 Å². The van der Waals surface area contributed by atoms with Gasteiger partial charge in [0, 0.05) is 6.54 Å². The fourth-order valence-electron chi connectivity index (χ4n) is 1.78. The van der Waals surface area contributed by atoms with Gasteiger partial charge in [0.1, 0.15) is 17.9 Å². The van der Waals surface area contributed by atoms with Crippen LogP contribution in [-0.2, 0) is 22.1 Å². The first kappa shape index (κ1) is 15.5. The number of hydrogen-bond acceptors (Lipinski definition) is 5. The number of aryl methyl sites for hydroxylation is 1. The van der Waals surface area contributed by atoms with E-state index in [-0.39, 0.29) is 21.2 Å². The normalized spacial score (nSPS) is 11.5. The maximum Gasteiger partial charge on any atom is 0.337 e. The summed E-state index contributed by atoms with van der Waals surface area (Å²) in [6.45, 7) is 2.33. The van der Waals surface area contributed by atoms with Crippen LogP contribution >= 0.6 is 11.6 Å². The smallest absolute Gasteiger partial charge is 0.337 e. The van der Waals surface area contributed by atoms with Gasteiger partial charge in [0.05, 0.1) is 15.5 Å². The predicted octanol–water partition coefficient (Wildman–Crippen LogP) is 1.62. The fourth-order valence-corrected chi connectivity index (χ4v) is 3.41. The standard InChI is InChI=1S/C12H12ClN3O4S/c1-2-16-11(14-7-15-16)6-21(19,20)8-3-4-9(12(17)18)10(13)5-8/h3-5,7H,2,6H2,1H3,(H,17,18). The summed E-state index contributed by atoms with van der Waals surface area (Å²) in [5.41, 5.74) is -0.146. The highest BCUT2D eigenvalue weighted by atomic mass is 35.5. The summed E-state index contributed by atoms with van der Waals surface area (Å²) in [5.74, 6) is -1.23. The molecule has 1 heterocycles. The number of carboxylic acids is 1. The zero-order chi connectivity index (χ0) is 15.6. The molecule has 1 aromatic heterocycles. The summed E-state index contributed by atoms with van der Waals surface area (Å²) in [6, 6.07) is 3.52. The third kappa shape index (κ3) is 3.22. The first-order chi connectivity index (χ1) is 9.85. The molecule has 0 radical (unpaired) electrons. The van der Waals surface area contributed by atoms with Crippen LogP contribution in [0.3, 0.4) is 0 Å². The van der Waals surface area contributed by atoms with Crippen molar-refractivity contribution >= 4 is 27.4 Å². The second-order valence-electron chi connectivity index (χ2n) is 4.20. The molecular formula is C12H12ClN3O4S. The molecule has 0 atom stereocenters. The molecule has 1 aromatic carbocycles. The van der Waals surface area contributed by atoms with Crippen LogP contribution in [0.4, 0.5) is 0 Å². The molecule has 0 aliphatic heterocycles. The molecule has 21 heavy (non-hydrogen) atoms. The molecule has 0 saturated carbocycles. The Hall–Kier alpha value is -1.93. The van der Waals surface area contributed by atoms with Crippen LogP contribution in [0.2, 0.25) is 5.02 Å². The highest BCUT2D eigenvalue weighted by Gasteiger charge is 2.21.